The molecule has 0 atom stereocenters. The van der Waals surface area contributed by atoms with Gasteiger partial charge in [0.05, 0.1) is 16.9 Å². The molecule has 0 amide bonds. The van der Waals surface area contributed by atoms with Crippen molar-refractivity contribution < 1.29 is 9.90 Å². The van der Waals surface area contributed by atoms with E-state index in [-0.39, 0.29) is 5.56 Å². The van der Waals surface area contributed by atoms with Crippen LogP contribution in [0.4, 0.5) is 11.4 Å². The average molecular weight is 276 g/mol. The van der Waals surface area contributed by atoms with E-state index in [1.807, 2.05) is 42.5 Å². The Labute approximate surface area is 121 Å². The Bertz CT molecular complexity index is 818. The number of carboxylic acid groups (broad SMARTS) is 1. The number of carboxylic acids is 1. The lowest BCUT2D eigenvalue weighted by molar-refractivity contribution is 0.0697. The molecule has 4 heteroatoms. The maximum atomic E-state index is 10.8. The number of azo groups is 1. The summed E-state index contributed by atoms with van der Waals surface area (Å²) < 4.78 is 0. The van der Waals surface area contributed by atoms with Crippen LogP contribution < -0.4 is 0 Å². The second-order valence-electron chi connectivity index (χ2n) is 4.55. The zero-order valence-corrected chi connectivity index (χ0v) is 11.1. The molecule has 3 aromatic carbocycles. The number of hydrogen-bond acceptors (Lipinski definition) is 3. The molecular weight excluding hydrogens is 264 g/mol. The number of fused-ring (bicyclic) bond motifs is 1. The first-order valence-corrected chi connectivity index (χ1v) is 6.47. The standard InChI is InChI=1S/C17H12N2O2/c20-17(21)13-8-10-14(11-9-13)18-19-16-7-3-5-12-4-1-2-6-15(12)16/h1-11H,(H,20,21). The van der Waals surface area contributed by atoms with E-state index in [0.717, 1.165) is 16.5 Å². The lowest BCUT2D eigenvalue weighted by Crippen LogP contribution is -1.93. The molecule has 0 aliphatic heterocycles. The van der Waals surface area contributed by atoms with E-state index < -0.39 is 5.97 Å². The molecule has 0 fully saturated rings. The average Bonchev–Trinajstić information content (AvgIpc) is 2.53. The molecule has 0 spiro atoms. The zero-order valence-electron chi connectivity index (χ0n) is 11.1. The SMILES string of the molecule is O=C(O)c1ccc(N=Nc2cccc3ccccc23)cc1. The van der Waals surface area contributed by atoms with Crippen molar-refractivity contribution in [2.24, 2.45) is 10.2 Å². The number of benzene rings is 3. The number of nitrogens with zero attached hydrogens (tertiary/aromatic N) is 2. The Balaban J connectivity index is 1.92. The molecule has 4 nitrogen and oxygen atoms in total. The Morgan fingerprint density at radius 3 is 2.29 bits per heavy atom. The van der Waals surface area contributed by atoms with E-state index in [1.54, 1.807) is 12.1 Å². The Morgan fingerprint density at radius 1 is 0.810 bits per heavy atom. The summed E-state index contributed by atoms with van der Waals surface area (Å²) in [6.45, 7) is 0. The van der Waals surface area contributed by atoms with Crippen LogP contribution in [-0.2, 0) is 0 Å². The fourth-order valence-corrected chi connectivity index (χ4v) is 2.08. The van der Waals surface area contributed by atoms with Gasteiger partial charge in [-0.25, -0.2) is 4.79 Å². The summed E-state index contributed by atoms with van der Waals surface area (Å²) in [7, 11) is 0. The zero-order chi connectivity index (χ0) is 14.7. The quantitative estimate of drug-likeness (QED) is 0.688. The van der Waals surface area contributed by atoms with Crippen molar-refractivity contribution >= 4 is 28.1 Å². The fraction of sp³-hybridized carbons (Fsp3) is 0. The molecular formula is C17H12N2O2. The molecule has 0 saturated carbocycles. The van der Waals surface area contributed by atoms with Crippen LogP contribution >= 0.6 is 0 Å². The third-order valence-electron chi connectivity index (χ3n) is 3.15. The molecule has 0 bridgehead atoms. The first-order chi connectivity index (χ1) is 10.2. The summed E-state index contributed by atoms with van der Waals surface area (Å²) in [5.41, 5.74) is 1.64. The molecule has 3 aromatic rings. The summed E-state index contributed by atoms with van der Waals surface area (Å²) in [5, 5.41) is 19.4. The Hall–Kier alpha value is -3.01. The van der Waals surface area contributed by atoms with Gasteiger partial charge in [-0.15, -0.1) is 5.11 Å². The van der Waals surface area contributed by atoms with Crippen molar-refractivity contribution in [1.82, 2.24) is 0 Å². The van der Waals surface area contributed by atoms with Gasteiger partial charge in [0.25, 0.3) is 0 Å². The van der Waals surface area contributed by atoms with Gasteiger partial charge in [-0.3, -0.25) is 0 Å². The maximum Gasteiger partial charge on any atom is 0.335 e. The number of carbonyl (C=O) groups is 1. The van der Waals surface area contributed by atoms with Crippen LogP contribution in [0.2, 0.25) is 0 Å². The van der Waals surface area contributed by atoms with Crippen LogP contribution in [0.5, 0.6) is 0 Å². The minimum absolute atomic E-state index is 0.235. The van der Waals surface area contributed by atoms with Gasteiger partial charge in [0.2, 0.25) is 0 Å². The van der Waals surface area contributed by atoms with Gasteiger partial charge in [0, 0.05) is 5.39 Å². The van der Waals surface area contributed by atoms with Gasteiger partial charge in [0.15, 0.2) is 0 Å². The van der Waals surface area contributed by atoms with Crippen LogP contribution in [0.3, 0.4) is 0 Å². The molecule has 0 saturated heterocycles. The summed E-state index contributed by atoms with van der Waals surface area (Å²) in [6, 6.07) is 20.1. The first-order valence-electron chi connectivity index (χ1n) is 6.47. The second-order valence-corrected chi connectivity index (χ2v) is 4.55. The summed E-state index contributed by atoms with van der Waals surface area (Å²) in [5.74, 6) is -0.951. The van der Waals surface area contributed by atoms with Gasteiger partial charge >= 0.3 is 5.97 Å². The van der Waals surface area contributed by atoms with Crippen LogP contribution in [0.25, 0.3) is 10.8 Å². The molecule has 3 rings (SSSR count). The van der Waals surface area contributed by atoms with Gasteiger partial charge in [-0.2, -0.15) is 5.11 Å². The van der Waals surface area contributed by atoms with Crippen molar-refractivity contribution in [1.29, 1.82) is 0 Å². The van der Waals surface area contributed by atoms with Crippen molar-refractivity contribution in [3.63, 3.8) is 0 Å². The molecule has 102 valence electrons. The fourth-order valence-electron chi connectivity index (χ4n) is 2.08. The topological polar surface area (TPSA) is 62.0 Å². The van der Waals surface area contributed by atoms with Crippen molar-refractivity contribution in [2.45, 2.75) is 0 Å². The van der Waals surface area contributed by atoms with E-state index in [4.69, 9.17) is 5.11 Å². The highest BCUT2D eigenvalue weighted by atomic mass is 16.4. The van der Waals surface area contributed by atoms with Gasteiger partial charge in [-0.1, -0.05) is 36.4 Å². The third-order valence-corrected chi connectivity index (χ3v) is 3.15. The largest absolute Gasteiger partial charge is 0.478 e. The number of hydrogen-bond donors (Lipinski definition) is 1. The summed E-state index contributed by atoms with van der Waals surface area (Å²) >= 11 is 0. The molecule has 1 N–H and O–H groups in total. The van der Waals surface area contributed by atoms with E-state index in [0.29, 0.717) is 5.69 Å². The highest BCUT2D eigenvalue weighted by Gasteiger charge is 2.01. The summed E-state index contributed by atoms with van der Waals surface area (Å²) in [6.07, 6.45) is 0. The van der Waals surface area contributed by atoms with Gasteiger partial charge < -0.3 is 5.11 Å². The van der Waals surface area contributed by atoms with Crippen LogP contribution in [-0.4, -0.2) is 11.1 Å². The van der Waals surface area contributed by atoms with E-state index in [1.165, 1.54) is 12.1 Å². The maximum absolute atomic E-state index is 10.8. The number of rotatable bonds is 3. The first kappa shape index (κ1) is 13.0. The predicted octanol–water partition coefficient (Wildman–Crippen LogP) is 4.95. The highest BCUT2D eigenvalue weighted by molar-refractivity contribution is 5.92. The Morgan fingerprint density at radius 2 is 1.52 bits per heavy atom. The highest BCUT2D eigenvalue weighted by Crippen LogP contribution is 2.27. The van der Waals surface area contributed by atoms with Crippen LogP contribution in [0.1, 0.15) is 10.4 Å². The van der Waals surface area contributed by atoms with Crippen molar-refractivity contribution in [3.05, 3.63) is 72.3 Å². The lowest BCUT2D eigenvalue weighted by Gasteiger charge is -2.00. The molecule has 0 unspecified atom stereocenters. The number of aromatic carboxylic acids is 1. The van der Waals surface area contributed by atoms with Crippen LogP contribution in [0.15, 0.2) is 77.0 Å². The van der Waals surface area contributed by atoms with Crippen LogP contribution in [0, 0.1) is 0 Å². The molecule has 0 aliphatic rings. The van der Waals surface area contributed by atoms with Crippen molar-refractivity contribution in [2.75, 3.05) is 0 Å². The third kappa shape index (κ3) is 2.79. The molecule has 0 aliphatic carbocycles. The van der Waals surface area contributed by atoms with Gasteiger partial charge in [-0.05, 0) is 35.7 Å². The molecule has 0 heterocycles. The molecule has 0 aromatic heterocycles. The normalized spacial score (nSPS) is 11.0. The van der Waals surface area contributed by atoms with Gasteiger partial charge in [0.1, 0.15) is 0 Å². The lowest BCUT2D eigenvalue weighted by atomic mass is 10.1. The molecule has 21 heavy (non-hydrogen) atoms. The van der Waals surface area contributed by atoms with E-state index in [2.05, 4.69) is 10.2 Å². The minimum Gasteiger partial charge on any atom is -0.478 e. The minimum atomic E-state index is -0.951. The summed E-state index contributed by atoms with van der Waals surface area (Å²) in [4.78, 5) is 10.8. The van der Waals surface area contributed by atoms with E-state index in [9.17, 15) is 4.79 Å². The second kappa shape index (κ2) is 5.54. The monoisotopic (exact) mass is 276 g/mol. The van der Waals surface area contributed by atoms with Crippen molar-refractivity contribution in [3.8, 4) is 0 Å². The smallest absolute Gasteiger partial charge is 0.335 e. The molecule has 0 radical (unpaired) electrons. The van der Waals surface area contributed by atoms with E-state index >= 15 is 0 Å². The predicted molar refractivity (Wildman–Crippen MR) is 81.5 cm³/mol. The Kier molecular flexibility index (Phi) is 3.43.